The molecule has 0 spiro atoms. The number of hydrogen-bond donors (Lipinski definition) is 2. The fourth-order valence-electron chi connectivity index (χ4n) is 0.176. The first-order valence-electron chi connectivity index (χ1n) is 1.93. The van der Waals surface area contributed by atoms with Gasteiger partial charge in [0.05, 0.1) is 6.54 Å². The summed E-state index contributed by atoms with van der Waals surface area (Å²) in [4.78, 5) is 10.1. The predicted octanol–water partition coefficient (Wildman–Crippen LogP) is 1.15. The molecule has 2 nitrogen and oxygen atoms in total. The van der Waals surface area contributed by atoms with E-state index in [0.29, 0.717) is 0 Å². The average Bonchev–Trinajstić information content (AvgIpc) is 1.67. The standard InChI is InChI=1S/C3H6FNOS2/c4-1-2-5(8)3(6)7/h8H,1-2H2,(H,6,7). The number of rotatable bonds is 2. The summed E-state index contributed by atoms with van der Waals surface area (Å²) in [7, 11) is 0. The van der Waals surface area contributed by atoms with E-state index in [0.717, 1.165) is 4.31 Å². The maximum absolute atomic E-state index is 11.3. The second-order valence-electron chi connectivity index (χ2n) is 1.09. The Kier molecular flexibility index (Phi) is 4.08. The van der Waals surface area contributed by atoms with Crippen molar-refractivity contribution in [3.05, 3.63) is 0 Å². The van der Waals surface area contributed by atoms with E-state index in [-0.39, 0.29) is 6.54 Å². The molecule has 1 amide bonds. The Balaban J connectivity index is 3.32. The minimum atomic E-state index is -0.587. The normalized spacial score (nSPS) is 8.88. The maximum Gasteiger partial charge on any atom is 0.288 e. The van der Waals surface area contributed by atoms with Gasteiger partial charge >= 0.3 is 0 Å². The largest absolute Gasteiger partial charge is 0.288 e. The predicted molar refractivity (Wildman–Crippen MR) is 36.0 cm³/mol. The first-order chi connectivity index (χ1) is 3.68. The summed E-state index contributed by atoms with van der Waals surface area (Å²) >= 11 is 6.94. The van der Waals surface area contributed by atoms with E-state index in [9.17, 15) is 9.18 Å². The van der Waals surface area contributed by atoms with Gasteiger partial charge in [-0.2, -0.15) is 0 Å². The lowest BCUT2D eigenvalue weighted by molar-refractivity contribution is 0.246. The van der Waals surface area contributed by atoms with Gasteiger partial charge in [-0.15, -0.1) is 0 Å². The molecule has 0 saturated heterocycles. The molecule has 0 radical (unpaired) electrons. The highest BCUT2D eigenvalue weighted by atomic mass is 32.1. The number of hydrogen-bond acceptors (Lipinski definition) is 2. The van der Waals surface area contributed by atoms with E-state index >= 15 is 0 Å². The van der Waals surface area contributed by atoms with E-state index in [2.05, 4.69) is 25.4 Å². The average molecular weight is 155 g/mol. The molecule has 0 rings (SSSR count). The molecule has 0 aliphatic heterocycles. The van der Waals surface area contributed by atoms with Crippen molar-refractivity contribution in [1.29, 1.82) is 0 Å². The highest BCUT2D eigenvalue weighted by molar-refractivity contribution is 7.98. The molecule has 0 unspecified atom stereocenters. The molecule has 0 aliphatic rings. The Bertz CT molecular complexity index is 89.4. The van der Waals surface area contributed by atoms with E-state index in [1.165, 1.54) is 0 Å². The Labute approximate surface area is 58.0 Å². The minimum absolute atomic E-state index is 0.00849. The number of thiol groups is 2. The molecular formula is C3H6FNOS2. The van der Waals surface area contributed by atoms with Crippen LogP contribution in [0.1, 0.15) is 0 Å². The third kappa shape index (κ3) is 3.15. The molecule has 0 atom stereocenters. The van der Waals surface area contributed by atoms with Gasteiger partial charge in [-0.25, -0.2) is 4.39 Å². The van der Waals surface area contributed by atoms with E-state index in [1.54, 1.807) is 0 Å². The van der Waals surface area contributed by atoms with Crippen molar-refractivity contribution in [3.8, 4) is 0 Å². The fourth-order valence-corrected chi connectivity index (χ4v) is 0.351. The quantitative estimate of drug-likeness (QED) is 0.573. The van der Waals surface area contributed by atoms with Crippen LogP contribution in [0.15, 0.2) is 0 Å². The van der Waals surface area contributed by atoms with Crippen molar-refractivity contribution in [1.82, 2.24) is 4.31 Å². The Morgan fingerprint density at radius 2 is 2.25 bits per heavy atom. The molecule has 0 bridgehead atoms. The lowest BCUT2D eigenvalue weighted by Crippen LogP contribution is -2.17. The molecular weight excluding hydrogens is 149 g/mol. The van der Waals surface area contributed by atoms with Crippen LogP contribution >= 0.6 is 25.4 Å². The minimum Gasteiger partial charge on any atom is -0.278 e. The van der Waals surface area contributed by atoms with Gasteiger partial charge in [0.25, 0.3) is 5.24 Å². The maximum atomic E-state index is 11.3. The molecule has 0 aromatic carbocycles. The molecule has 0 aromatic rings. The summed E-state index contributed by atoms with van der Waals surface area (Å²) in [5.41, 5.74) is 0. The highest BCUT2D eigenvalue weighted by Crippen LogP contribution is 1.97. The number of alkyl halides is 1. The summed E-state index contributed by atoms with van der Waals surface area (Å²) in [6.07, 6.45) is 0. The zero-order chi connectivity index (χ0) is 6.57. The van der Waals surface area contributed by atoms with E-state index < -0.39 is 11.9 Å². The summed E-state index contributed by atoms with van der Waals surface area (Å²) in [5, 5.41) is -0.536. The summed E-state index contributed by atoms with van der Waals surface area (Å²) < 4.78 is 12.2. The topological polar surface area (TPSA) is 20.3 Å². The van der Waals surface area contributed by atoms with Crippen molar-refractivity contribution in [2.45, 2.75) is 0 Å². The van der Waals surface area contributed by atoms with Crippen LogP contribution in [0.25, 0.3) is 0 Å². The van der Waals surface area contributed by atoms with Gasteiger partial charge in [-0.3, -0.25) is 9.10 Å². The zero-order valence-corrected chi connectivity index (χ0v) is 5.83. The number of carbonyl (C=O) groups is 1. The summed E-state index contributed by atoms with van der Waals surface area (Å²) in [6, 6.07) is 0. The van der Waals surface area contributed by atoms with E-state index in [4.69, 9.17) is 0 Å². The Hall–Kier alpha value is 0.1000. The van der Waals surface area contributed by atoms with Crippen LogP contribution in [0, 0.1) is 0 Å². The highest BCUT2D eigenvalue weighted by Gasteiger charge is 2.00. The van der Waals surface area contributed by atoms with Crippen LogP contribution in [-0.2, 0) is 0 Å². The molecule has 0 aromatic heterocycles. The fraction of sp³-hybridized carbons (Fsp3) is 0.667. The van der Waals surface area contributed by atoms with Crippen molar-refractivity contribution in [2.24, 2.45) is 0 Å². The van der Waals surface area contributed by atoms with Gasteiger partial charge in [0.2, 0.25) is 0 Å². The van der Waals surface area contributed by atoms with Crippen LogP contribution in [0.2, 0.25) is 0 Å². The first kappa shape index (κ1) is 8.10. The first-order valence-corrected chi connectivity index (χ1v) is 2.78. The molecule has 0 saturated carbocycles. The summed E-state index contributed by atoms with van der Waals surface area (Å²) in [5.74, 6) is 0. The molecule has 5 heteroatoms. The molecule has 8 heavy (non-hydrogen) atoms. The molecule has 48 valence electrons. The van der Waals surface area contributed by atoms with Crippen molar-refractivity contribution >= 4 is 30.7 Å². The van der Waals surface area contributed by atoms with Crippen molar-refractivity contribution in [2.75, 3.05) is 13.2 Å². The van der Waals surface area contributed by atoms with Crippen LogP contribution in [0.5, 0.6) is 0 Å². The van der Waals surface area contributed by atoms with Crippen LogP contribution in [0.3, 0.4) is 0 Å². The number of amides is 1. The monoisotopic (exact) mass is 155 g/mol. The van der Waals surface area contributed by atoms with Gasteiger partial charge in [0.15, 0.2) is 0 Å². The summed E-state index contributed by atoms with van der Waals surface area (Å²) in [6.45, 7) is -0.596. The molecule has 0 heterocycles. The second kappa shape index (κ2) is 4.03. The molecule has 0 N–H and O–H groups in total. The molecule has 0 fully saturated rings. The van der Waals surface area contributed by atoms with Gasteiger partial charge in [0, 0.05) is 0 Å². The van der Waals surface area contributed by atoms with Crippen LogP contribution in [-0.4, -0.2) is 22.8 Å². The van der Waals surface area contributed by atoms with Gasteiger partial charge in [-0.1, -0.05) is 25.4 Å². The van der Waals surface area contributed by atoms with Gasteiger partial charge < -0.3 is 0 Å². The Morgan fingerprint density at radius 1 is 1.75 bits per heavy atom. The van der Waals surface area contributed by atoms with Crippen molar-refractivity contribution in [3.63, 3.8) is 0 Å². The lowest BCUT2D eigenvalue weighted by atomic mass is 10.7. The Morgan fingerprint density at radius 3 is 2.38 bits per heavy atom. The smallest absolute Gasteiger partial charge is 0.278 e. The second-order valence-corrected chi connectivity index (χ2v) is 1.96. The third-order valence-corrected chi connectivity index (χ3v) is 1.30. The van der Waals surface area contributed by atoms with Gasteiger partial charge in [0.1, 0.15) is 6.67 Å². The lowest BCUT2D eigenvalue weighted by Gasteiger charge is -2.07. The van der Waals surface area contributed by atoms with Crippen molar-refractivity contribution < 1.29 is 9.18 Å². The van der Waals surface area contributed by atoms with E-state index in [1.807, 2.05) is 0 Å². The van der Waals surface area contributed by atoms with Gasteiger partial charge in [-0.05, 0) is 0 Å². The zero-order valence-electron chi connectivity index (χ0n) is 4.04. The molecule has 0 aliphatic carbocycles. The van der Waals surface area contributed by atoms with Crippen LogP contribution < -0.4 is 0 Å². The SMILES string of the molecule is O=C(S)N(S)CCF. The third-order valence-electron chi connectivity index (χ3n) is 0.517. The number of carbonyl (C=O) groups excluding carboxylic acids is 1. The van der Waals surface area contributed by atoms with Crippen LogP contribution in [0.4, 0.5) is 9.18 Å². The number of nitrogens with zero attached hydrogens (tertiary/aromatic N) is 1. The number of halogens is 1.